The van der Waals surface area contributed by atoms with Gasteiger partial charge in [0.2, 0.25) is 17.8 Å². The molecule has 21 heavy (non-hydrogen) atoms. The van der Waals surface area contributed by atoms with Crippen LogP contribution in [0.15, 0.2) is 18.7 Å². The Labute approximate surface area is 123 Å². The lowest BCUT2D eigenvalue weighted by Gasteiger charge is -2.23. The molecule has 0 aliphatic rings. The van der Waals surface area contributed by atoms with Crippen LogP contribution in [0.2, 0.25) is 0 Å². The van der Waals surface area contributed by atoms with Crippen LogP contribution in [0, 0.1) is 0 Å². The fraction of sp³-hybridized carbons (Fsp3) is 0.538. The van der Waals surface area contributed by atoms with E-state index in [1.54, 1.807) is 37.3 Å². The Morgan fingerprint density at radius 2 is 2.05 bits per heavy atom. The third kappa shape index (κ3) is 4.12. The van der Waals surface area contributed by atoms with E-state index in [0.717, 1.165) is 6.42 Å². The molecule has 2 aromatic rings. The molecule has 0 fully saturated rings. The van der Waals surface area contributed by atoms with Crippen molar-refractivity contribution in [2.75, 3.05) is 24.2 Å². The van der Waals surface area contributed by atoms with E-state index in [-0.39, 0.29) is 0 Å². The molecule has 0 amide bonds. The zero-order valence-electron chi connectivity index (χ0n) is 12.5. The SMILES string of the molecule is CCCC(C)(O)CNc1nc(NC)nc(-n2ccnc2)n1. The van der Waals surface area contributed by atoms with Gasteiger partial charge in [0.25, 0.3) is 0 Å². The molecule has 0 bridgehead atoms. The second-order valence-electron chi connectivity index (χ2n) is 5.10. The van der Waals surface area contributed by atoms with E-state index in [0.29, 0.717) is 30.8 Å². The number of hydrogen-bond acceptors (Lipinski definition) is 7. The first-order valence-corrected chi connectivity index (χ1v) is 6.92. The van der Waals surface area contributed by atoms with E-state index < -0.39 is 5.60 Å². The van der Waals surface area contributed by atoms with Crippen molar-refractivity contribution in [1.82, 2.24) is 24.5 Å². The van der Waals surface area contributed by atoms with E-state index in [9.17, 15) is 5.11 Å². The summed E-state index contributed by atoms with van der Waals surface area (Å²) in [6.07, 6.45) is 6.64. The van der Waals surface area contributed by atoms with Crippen molar-refractivity contribution in [2.45, 2.75) is 32.3 Å². The summed E-state index contributed by atoms with van der Waals surface area (Å²) in [7, 11) is 1.74. The molecule has 0 aliphatic heterocycles. The van der Waals surface area contributed by atoms with E-state index in [1.807, 2.05) is 6.92 Å². The van der Waals surface area contributed by atoms with Gasteiger partial charge in [0.05, 0.1) is 5.60 Å². The normalized spacial score (nSPS) is 13.7. The summed E-state index contributed by atoms with van der Waals surface area (Å²) in [4.78, 5) is 16.8. The van der Waals surface area contributed by atoms with Gasteiger partial charge >= 0.3 is 0 Å². The molecule has 2 rings (SSSR count). The van der Waals surface area contributed by atoms with Crippen molar-refractivity contribution in [2.24, 2.45) is 0 Å². The number of hydrogen-bond donors (Lipinski definition) is 3. The first-order valence-electron chi connectivity index (χ1n) is 6.92. The van der Waals surface area contributed by atoms with Crippen LogP contribution in [-0.4, -0.2) is 48.8 Å². The minimum Gasteiger partial charge on any atom is -0.388 e. The van der Waals surface area contributed by atoms with Crippen LogP contribution >= 0.6 is 0 Å². The van der Waals surface area contributed by atoms with Gasteiger partial charge in [-0.05, 0) is 13.3 Å². The lowest BCUT2D eigenvalue weighted by Crippen LogP contribution is -2.33. The van der Waals surface area contributed by atoms with Crippen molar-refractivity contribution < 1.29 is 5.11 Å². The summed E-state index contributed by atoms with van der Waals surface area (Å²) in [5.41, 5.74) is -0.795. The summed E-state index contributed by atoms with van der Waals surface area (Å²) in [6, 6.07) is 0. The molecule has 0 aromatic carbocycles. The van der Waals surface area contributed by atoms with Gasteiger partial charge in [-0.15, -0.1) is 0 Å². The predicted molar refractivity (Wildman–Crippen MR) is 80.5 cm³/mol. The first-order chi connectivity index (χ1) is 10.0. The maximum Gasteiger partial charge on any atom is 0.241 e. The predicted octanol–water partition coefficient (Wildman–Crippen LogP) is 1.06. The average Bonchev–Trinajstić information content (AvgIpc) is 2.99. The van der Waals surface area contributed by atoms with Crippen LogP contribution in [-0.2, 0) is 0 Å². The molecule has 0 saturated heterocycles. The van der Waals surface area contributed by atoms with Gasteiger partial charge < -0.3 is 15.7 Å². The number of aromatic nitrogens is 5. The minimum atomic E-state index is -0.795. The Morgan fingerprint density at radius 1 is 1.29 bits per heavy atom. The maximum atomic E-state index is 10.2. The lowest BCUT2D eigenvalue weighted by molar-refractivity contribution is 0.0635. The number of nitrogens with zero attached hydrogens (tertiary/aromatic N) is 5. The highest BCUT2D eigenvalue weighted by molar-refractivity contribution is 5.37. The molecule has 2 aromatic heterocycles. The van der Waals surface area contributed by atoms with Gasteiger partial charge in [-0.1, -0.05) is 13.3 Å². The molecule has 0 radical (unpaired) electrons. The largest absolute Gasteiger partial charge is 0.388 e. The molecular weight excluding hydrogens is 270 g/mol. The average molecular weight is 291 g/mol. The molecule has 3 N–H and O–H groups in total. The van der Waals surface area contributed by atoms with E-state index in [4.69, 9.17) is 0 Å². The molecule has 0 spiro atoms. The van der Waals surface area contributed by atoms with Gasteiger partial charge in [-0.25, -0.2) is 4.98 Å². The summed E-state index contributed by atoms with van der Waals surface area (Å²) >= 11 is 0. The Hall–Kier alpha value is -2.22. The van der Waals surface area contributed by atoms with Crippen molar-refractivity contribution in [3.8, 4) is 5.95 Å². The molecule has 0 aliphatic carbocycles. The van der Waals surface area contributed by atoms with Gasteiger partial charge in [0.15, 0.2) is 0 Å². The number of nitrogens with one attached hydrogen (secondary N) is 2. The van der Waals surface area contributed by atoms with Crippen LogP contribution in [0.3, 0.4) is 0 Å². The number of imidazole rings is 1. The molecule has 2 heterocycles. The Kier molecular flexibility index (Phi) is 4.69. The van der Waals surface area contributed by atoms with Crippen LogP contribution in [0.4, 0.5) is 11.9 Å². The topological polar surface area (TPSA) is 101 Å². The number of anilines is 2. The molecule has 8 nitrogen and oxygen atoms in total. The highest BCUT2D eigenvalue weighted by atomic mass is 16.3. The van der Waals surface area contributed by atoms with Crippen LogP contribution in [0.5, 0.6) is 0 Å². The minimum absolute atomic E-state index is 0.372. The quantitative estimate of drug-likeness (QED) is 0.701. The molecule has 8 heteroatoms. The number of aliphatic hydroxyl groups is 1. The second-order valence-corrected chi connectivity index (χ2v) is 5.10. The summed E-state index contributed by atoms with van der Waals surface area (Å²) in [5.74, 6) is 1.32. The van der Waals surface area contributed by atoms with Crippen molar-refractivity contribution >= 4 is 11.9 Å². The molecule has 0 saturated carbocycles. The molecule has 1 unspecified atom stereocenters. The summed E-state index contributed by atoms with van der Waals surface area (Å²) in [5, 5.41) is 16.1. The second kappa shape index (κ2) is 6.49. The zero-order valence-corrected chi connectivity index (χ0v) is 12.5. The van der Waals surface area contributed by atoms with E-state index in [1.165, 1.54) is 0 Å². The number of rotatable bonds is 7. The fourth-order valence-corrected chi connectivity index (χ4v) is 1.94. The fourth-order valence-electron chi connectivity index (χ4n) is 1.94. The van der Waals surface area contributed by atoms with Crippen LogP contribution in [0.1, 0.15) is 26.7 Å². The van der Waals surface area contributed by atoms with Gasteiger partial charge in [-0.2, -0.15) is 15.0 Å². The third-order valence-corrected chi connectivity index (χ3v) is 3.00. The summed E-state index contributed by atoms with van der Waals surface area (Å²) < 4.78 is 1.69. The van der Waals surface area contributed by atoms with Gasteiger partial charge in [0.1, 0.15) is 6.33 Å². The van der Waals surface area contributed by atoms with E-state index in [2.05, 4.69) is 30.6 Å². The van der Waals surface area contributed by atoms with Crippen LogP contribution < -0.4 is 10.6 Å². The van der Waals surface area contributed by atoms with Crippen molar-refractivity contribution in [1.29, 1.82) is 0 Å². The molecule has 114 valence electrons. The van der Waals surface area contributed by atoms with Crippen molar-refractivity contribution in [3.05, 3.63) is 18.7 Å². The molecular formula is C13H21N7O. The Bertz CT molecular complexity index is 568. The smallest absolute Gasteiger partial charge is 0.241 e. The summed E-state index contributed by atoms with van der Waals surface area (Å²) in [6.45, 7) is 4.20. The lowest BCUT2D eigenvalue weighted by atomic mass is 10.0. The first kappa shape index (κ1) is 15.2. The van der Waals surface area contributed by atoms with Gasteiger partial charge in [0, 0.05) is 26.0 Å². The zero-order chi connectivity index (χ0) is 15.3. The van der Waals surface area contributed by atoms with Crippen LogP contribution in [0.25, 0.3) is 5.95 Å². The molecule has 1 atom stereocenters. The van der Waals surface area contributed by atoms with Crippen molar-refractivity contribution in [3.63, 3.8) is 0 Å². The van der Waals surface area contributed by atoms with E-state index >= 15 is 0 Å². The Morgan fingerprint density at radius 3 is 2.67 bits per heavy atom. The highest BCUT2D eigenvalue weighted by Crippen LogP contribution is 2.14. The monoisotopic (exact) mass is 291 g/mol. The Balaban J connectivity index is 2.18. The third-order valence-electron chi connectivity index (χ3n) is 3.00. The standard InChI is InChI=1S/C13H21N7O/c1-4-5-13(2,21)8-16-11-17-10(14-3)18-12(19-11)20-7-6-15-9-20/h6-7,9,21H,4-5,8H2,1-3H3,(H2,14,16,17,18,19). The maximum absolute atomic E-state index is 10.2. The van der Waals surface area contributed by atoms with Gasteiger partial charge in [-0.3, -0.25) is 4.57 Å². The highest BCUT2D eigenvalue weighted by Gasteiger charge is 2.19.